The zero-order chi connectivity index (χ0) is 21.0. The summed E-state index contributed by atoms with van der Waals surface area (Å²) in [4.78, 5) is 37.7. The molecular formula is C22H24N4O3. The summed E-state index contributed by atoms with van der Waals surface area (Å²) >= 11 is 0. The number of hydrogen-bond acceptors (Lipinski definition) is 4. The molecule has 2 N–H and O–H groups in total. The first-order valence-corrected chi connectivity index (χ1v) is 9.60. The standard InChI is InChI=1S/C22H24N4O3/c1-4-15-9-11-16(12-10-15)20(27)23-24-21(28)19-17-7-5-6-8-18(17)22(29)26(25-19)13-14(2)3/h5-12,14H,4,13H2,1-3H3,(H,23,27)(H,24,28). The van der Waals surface area contributed by atoms with Crippen LogP contribution in [0.15, 0.2) is 53.3 Å². The highest BCUT2D eigenvalue weighted by molar-refractivity contribution is 6.06. The van der Waals surface area contributed by atoms with Crippen LogP contribution in [0.5, 0.6) is 0 Å². The second kappa shape index (κ2) is 8.68. The van der Waals surface area contributed by atoms with Crippen molar-refractivity contribution in [2.75, 3.05) is 0 Å². The molecule has 7 nitrogen and oxygen atoms in total. The molecule has 0 aliphatic carbocycles. The lowest BCUT2D eigenvalue weighted by Gasteiger charge is -2.13. The predicted molar refractivity (Wildman–Crippen MR) is 112 cm³/mol. The van der Waals surface area contributed by atoms with E-state index < -0.39 is 11.8 Å². The van der Waals surface area contributed by atoms with E-state index in [1.807, 2.05) is 32.9 Å². The van der Waals surface area contributed by atoms with Gasteiger partial charge in [0.1, 0.15) is 0 Å². The molecule has 0 saturated carbocycles. The van der Waals surface area contributed by atoms with E-state index in [9.17, 15) is 14.4 Å². The van der Waals surface area contributed by atoms with Crippen molar-refractivity contribution >= 4 is 22.6 Å². The molecule has 0 aliphatic rings. The van der Waals surface area contributed by atoms with Crippen molar-refractivity contribution in [1.82, 2.24) is 20.6 Å². The molecule has 1 heterocycles. The lowest BCUT2D eigenvalue weighted by atomic mass is 10.1. The molecule has 0 aliphatic heterocycles. The number of amides is 2. The van der Waals surface area contributed by atoms with Crippen molar-refractivity contribution in [3.63, 3.8) is 0 Å². The Kier molecular flexibility index (Phi) is 6.07. The minimum Gasteiger partial charge on any atom is -0.267 e. The zero-order valence-electron chi connectivity index (χ0n) is 16.7. The van der Waals surface area contributed by atoms with Gasteiger partial charge in [0.2, 0.25) is 0 Å². The number of nitrogens with zero attached hydrogens (tertiary/aromatic N) is 2. The van der Waals surface area contributed by atoms with Gasteiger partial charge in [-0.1, -0.05) is 51.1 Å². The van der Waals surface area contributed by atoms with Crippen LogP contribution in [0.2, 0.25) is 0 Å². The molecule has 29 heavy (non-hydrogen) atoms. The minimum atomic E-state index is -0.586. The van der Waals surface area contributed by atoms with Gasteiger partial charge in [0.25, 0.3) is 17.4 Å². The van der Waals surface area contributed by atoms with Crippen molar-refractivity contribution in [1.29, 1.82) is 0 Å². The molecular weight excluding hydrogens is 368 g/mol. The number of nitrogens with one attached hydrogen (secondary N) is 2. The first-order chi connectivity index (χ1) is 13.9. The Morgan fingerprint density at radius 2 is 1.59 bits per heavy atom. The molecule has 0 radical (unpaired) electrons. The third-order valence-corrected chi connectivity index (χ3v) is 4.53. The molecule has 0 spiro atoms. The smallest absolute Gasteiger partial charge is 0.267 e. The molecule has 2 aromatic carbocycles. The normalized spacial score (nSPS) is 10.9. The maximum Gasteiger partial charge on any atom is 0.290 e. The molecule has 3 rings (SSSR count). The number of aromatic nitrogens is 2. The molecule has 0 unspecified atom stereocenters. The van der Waals surface area contributed by atoms with Gasteiger partial charge in [-0.05, 0) is 36.1 Å². The molecule has 0 saturated heterocycles. The summed E-state index contributed by atoms with van der Waals surface area (Å²) in [5.74, 6) is -0.832. The van der Waals surface area contributed by atoms with E-state index >= 15 is 0 Å². The Bertz CT molecular complexity index is 1100. The maximum atomic E-state index is 12.7. The third-order valence-electron chi connectivity index (χ3n) is 4.53. The zero-order valence-corrected chi connectivity index (χ0v) is 16.7. The minimum absolute atomic E-state index is 0.0856. The number of aryl methyl sites for hydroxylation is 1. The number of rotatable bonds is 5. The summed E-state index contributed by atoms with van der Waals surface area (Å²) < 4.78 is 1.30. The largest absolute Gasteiger partial charge is 0.290 e. The van der Waals surface area contributed by atoms with Crippen molar-refractivity contribution < 1.29 is 9.59 Å². The quantitative estimate of drug-likeness (QED) is 0.653. The lowest BCUT2D eigenvalue weighted by Crippen LogP contribution is -2.43. The fraction of sp³-hybridized carbons (Fsp3) is 0.273. The Hall–Kier alpha value is -3.48. The monoisotopic (exact) mass is 392 g/mol. The molecule has 3 aromatic rings. The van der Waals surface area contributed by atoms with Gasteiger partial charge in [-0.3, -0.25) is 25.2 Å². The first kappa shape index (κ1) is 20.3. The van der Waals surface area contributed by atoms with Crippen molar-refractivity contribution in [3.05, 3.63) is 75.7 Å². The summed E-state index contributed by atoms with van der Waals surface area (Å²) in [5, 5.41) is 5.11. The third kappa shape index (κ3) is 4.51. The number of fused-ring (bicyclic) bond motifs is 1. The Labute approximate surface area is 168 Å². The summed E-state index contributed by atoms with van der Waals surface area (Å²) in [6, 6.07) is 14.0. The topological polar surface area (TPSA) is 93.1 Å². The van der Waals surface area contributed by atoms with Crippen molar-refractivity contribution in [3.8, 4) is 0 Å². The highest BCUT2D eigenvalue weighted by Crippen LogP contribution is 2.13. The van der Waals surface area contributed by atoms with Gasteiger partial charge >= 0.3 is 0 Å². The van der Waals surface area contributed by atoms with Crippen LogP contribution in [0, 0.1) is 5.92 Å². The van der Waals surface area contributed by atoms with Crippen LogP contribution in [0.1, 0.15) is 47.2 Å². The van der Waals surface area contributed by atoms with E-state index in [2.05, 4.69) is 16.0 Å². The van der Waals surface area contributed by atoms with Gasteiger partial charge in [-0.25, -0.2) is 4.68 Å². The van der Waals surface area contributed by atoms with Crippen LogP contribution >= 0.6 is 0 Å². The van der Waals surface area contributed by atoms with Gasteiger partial charge in [0, 0.05) is 17.5 Å². The van der Waals surface area contributed by atoms with Gasteiger partial charge in [0.15, 0.2) is 5.69 Å². The Morgan fingerprint density at radius 3 is 2.21 bits per heavy atom. The van der Waals surface area contributed by atoms with Crippen molar-refractivity contribution in [2.45, 2.75) is 33.7 Å². The fourth-order valence-corrected chi connectivity index (χ4v) is 3.01. The average molecular weight is 392 g/mol. The first-order valence-electron chi connectivity index (χ1n) is 9.60. The van der Waals surface area contributed by atoms with Crippen LogP contribution < -0.4 is 16.4 Å². The molecule has 7 heteroatoms. The number of hydrazine groups is 1. The summed E-state index contributed by atoms with van der Waals surface area (Å²) in [5.41, 5.74) is 6.21. The van der Waals surface area contributed by atoms with E-state index in [1.165, 1.54) is 4.68 Å². The maximum absolute atomic E-state index is 12.7. The molecule has 1 aromatic heterocycles. The lowest BCUT2D eigenvalue weighted by molar-refractivity contribution is 0.0843. The Morgan fingerprint density at radius 1 is 0.966 bits per heavy atom. The van der Waals surface area contributed by atoms with E-state index in [0.29, 0.717) is 22.9 Å². The second-order valence-corrected chi connectivity index (χ2v) is 7.23. The molecule has 0 fully saturated rings. The predicted octanol–water partition coefficient (Wildman–Crippen LogP) is 2.69. The van der Waals surface area contributed by atoms with Crippen molar-refractivity contribution in [2.24, 2.45) is 5.92 Å². The Balaban J connectivity index is 1.85. The molecule has 0 atom stereocenters. The molecule has 2 amide bonds. The van der Waals surface area contributed by atoms with E-state index in [-0.39, 0.29) is 17.2 Å². The van der Waals surface area contributed by atoms with Gasteiger partial charge in [-0.2, -0.15) is 5.10 Å². The number of carbonyl (C=O) groups excluding carboxylic acids is 2. The number of hydrogen-bond donors (Lipinski definition) is 2. The average Bonchev–Trinajstić information content (AvgIpc) is 2.73. The van der Waals surface area contributed by atoms with Gasteiger partial charge < -0.3 is 0 Å². The van der Waals surface area contributed by atoms with Gasteiger partial charge in [0.05, 0.1) is 5.39 Å². The number of carbonyl (C=O) groups is 2. The van der Waals surface area contributed by atoms with E-state index in [0.717, 1.165) is 12.0 Å². The van der Waals surface area contributed by atoms with E-state index in [4.69, 9.17) is 0 Å². The summed E-state index contributed by atoms with van der Waals surface area (Å²) in [7, 11) is 0. The van der Waals surface area contributed by atoms with Crippen LogP contribution in [0.25, 0.3) is 10.8 Å². The second-order valence-electron chi connectivity index (χ2n) is 7.23. The number of benzene rings is 2. The van der Waals surface area contributed by atoms with Gasteiger partial charge in [-0.15, -0.1) is 0 Å². The highest BCUT2D eigenvalue weighted by atomic mass is 16.2. The highest BCUT2D eigenvalue weighted by Gasteiger charge is 2.18. The van der Waals surface area contributed by atoms with Crippen LogP contribution in [0.3, 0.4) is 0 Å². The summed E-state index contributed by atoms with van der Waals surface area (Å²) in [6.45, 7) is 6.35. The molecule has 150 valence electrons. The van der Waals surface area contributed by atoms with Crippen LogP contribution in [-0.4, -0.2) is 21.6 Å². The fourth-order valence-electron chi connectivity index (χ4n) is 3.01. The van der Waals surface area contributed by atoms with E-state index in [1.54, 1.807) is 36.4 Å². The SMILES string of the molecule is CCc1ccc(C(=O)NNC(=O)c2nn(CC(C)C)c(=O)c3ccccc23)cc1. The summed E-state index contributed by atoms with van der Waals surface area (Å²) in [6.07, 6.45) is 0.878. The molecule has 0 bridgehead atoms. The van der Waals surface area contributed by atoms with Crippen LogP contribution in [0.4, 0.5) is 0 Å². The van der Waals surface area contributed by atoms with Crippen LogP contribution in [-0.2, 0) is 13.0 Å².